The number of carbonyl (C=O) groups is 4. The SMILES string of the molecule is C.C=C(C)C(=O)OC.C=C(C)C(=O)OCCCCCC.CCCCCCOC(=O)C(C)(C)CC(C)(C)C(C)(CC)C(=O)OC.[K+].[P-]=S. The smallest absolute Gasteiger partial charge is 0.645 e. The van der Waals surface area contributed by atoms with Crippen LogP contribution in [0.1, 0.15) is 141 Å². The Labute approximate surface area is 339 Å². The average molecular weight is 731 g/mol. The van der Waals surface area contributed by atoms with E-state index in [1.54, 1.807) is 13.8 Å². The molecule has 0 aliphatic rings. The predicted octanol–water partition coefficient (Wildman–Crippen LogP) is 7.06. The van der Waals surface area contributed by atoms with Crippen LogP contribution in [0.2, 0.25) is 0 Å². The fourth-order valence-electron chi connectivity index (χ4n) is 4.38. The van der Waals surface area contributed by atoms with E-state index in [4.69, 9.17) is 14.2 Å². The average Bonchev–Trinajstić information content (AvgIpc) is 3.00. The minimum Gasteiger partial charge on any atom is -0.645 e. The van der Waals surface area contributed by atoms with E-state index in [1.807, 2.05) is 41.5 Å². The van der Waals surface area contributed by atoms with Crippen LogP contribution >= 0.6 is 8.02 Å². The molecule has 0 heterocycles. The molecule has 8 nitrogen and oxygen atoms in total. The summed E-state index contributed by atoms with van der Waals surface area (Å²) in [5.74, 6) is -1.03. The summed E-state index contributed by atoms with van der Waals surface area (Å²) in [6.45, 7) is 27.2. The molecule has 0 aliphatic heterocycles. The van der Waals surface area contributed by atoms with Crippen molar-refractivity contribution < 1.29 is 89.5 Å². The minimum atomic E-state index is -0.640. The van der Waals surface area contributed by atoms with Gasteiger partial charge in [0, 0.05) is 11.1 Å². The van der Waals surface area contributed by atoms with Gasteiger partial charge in [-0.1, -0.05) is 93.7 Å². The van der Waals surface area contributed by atoms with Crippen LogP contribution in [0.5, 0.6) is 0 Å². The third-order valence-corrected chi connectivity index (χ3v) is 7.62. The molecule has 0 radical (unpaired) electrons. The van der Waals surface area contributed by atoms with Crippen molar-refractivity contribution in [2.45, 2.75) is 141 Å². The second kappa shape index (κ2) is 34.0. The van der Waals surface area contributed by atoms with Gasteiger partial charge in [0.25, 0.3) is 0 Å². The molecular weight excluding hydrogens is 663 g/mol. The number of rotatable bonds is 18. The summed E-state index contributed by atoms with van der Waals surface area (Å²) < 4.78 is 19.7. The molecule has 47 heavy (non-hydrogen) atoms. The number of hydrogen-bond acceptors (Lipinski definition) is 9. The molecule has 0 aromatic rings. The molecule has 0 bridgehead atoms. The van der Waals surface area contributed by atoms with Crippen molar-refractivity contribution in [2.75, 3.05) is 27.4 Å². The Morgan fingerprint density at radius 2 is 1.06 bits per heavy atom. The van der Waals surface area contributed by atoms with Crippen molar-refractivity contribution in [2.24, 2.45) is 16.2 Å². The number of esters is 4. The molecule has 0 amide bonds. The van der Waals surface area contributed by atoms with Crippen LogP contribution < -0.4 is 51.4 Å². The van der Waals surface area contributed by atoms with E-state index >= 15 is 0 Å². The summed E-state index contributed by atoms with van der Waals surface area (Å²) in [5, 5.41) is 0. The number of hydrogen-bond donors (Lipinski definition) is 0. The molecular formula is C36H68KO8PS. The van der Waals surface area contributed by atoms with Crippen molar-refractivity contribution >= 4 is 43.7 Å². The Balaban J connectivity index is -0.000000152. The number of carbonyl (C=O) groups excluding carboxylic acids is 4. The van der Waals surface area contributed by atoms with E-state index in [1.165, 1.54) is 33.5 Å². The summed E-state index contributed by atoms with van der Waals surface area (Å²) in [4.78, 5) is 45.8. The first kappa shape index (κ1) is 58.7. The van der Waals surface area contributed by atoms with E-state index in [0.29, 0.717) is 37.2 Å². The zero-order valence-electron chi connectivity index (χ0n) is 31.5. The molecule has 0 aromatic heterocycles. The molecule has 0 aliphatic carbocycles. The van der Waals surface area contributed by atoms with Crippen molar-refractivity contribution in [3.05, 3.63) is 24.3 Å². The molecule has 0 aromatic carbocycles. The van der Waals surface area contributed by atoms with Gasteiger partial charge in [0.05, 0.1) is 38.3 Å². The summed E-state index contributed by atoms with van der Waals surface area (Å²) in [6.07, 6.45) is 10.1. The Kier molecular flexibility index (Phi) is 42.5. The van der Waals surface area contributed by atoms with Gasteiger partial charge in [-0.15, -0.1) is 0 Å². The molecule has 0 rings (SSSR count). The molecule has 0 N–H and O–H groups in total. The third kappa shape index (κ3) is 28.0. The van der Waals surface area contributed by atoms with E-state index in [0.717, 1.165) is 32.1 Å². The Hall–Kier alpha value is -0.484. The second-order valence-corrected chi connectivity index (χ2v) is 12.6. The second-order valence-electron chi connectivity index (χ2n) is 12.6. The molecule has 0 saturated heterocycles. The van der Waals surface area contributed by atoms with Crippen molar-refractivity contribution in [3.63, 3.8) is 0 Å². The summed E-state index contributed by atoms with van der Waals surface area (Å²) in [5.41, 5.74) is -0.758. The van der Waals surface area contributed by atoms with Gasteiger partial charge in [0.2, 0.25) is 0 Å². The van der Waals surface area contributed by atoms with Crippen LogP contribution in [0, 0.1) is 16.2 Å². The Bertz CT molecular complexity index is 892. The quantitative estimate of drug-likeness (QED) is 0.0366. The van der Waals surface area contributed by atoms with Gasteiger partial charge >= 0.3 is 75.3 Å². The third-order valence-electron chi connectivity index (χ3n) is 7.62. The zero-order valence-corrected chi connectivity index (χ0v) is 36.4. The van der Waals surface area contributed by atoms with Gasteiger partial charge in [-0.05, 0) is 65.7 Å². The van der Waals surface area contributed by atoms with E-state index in [9.17, 15) is 19.2 Å². The van der Waals surface area contributed by atoms with Crippen LogP contribution in [0.15, 0.2) is 24.3 Å². The fraction of sp³-hybridized carbons (Fsp3) is 0.778. The summed E-state index contributed by atoms with van der Waals surface area (Å²) in [7, 11) is 5.86. The van der Waals surface area contributed by atoms with Crippen molar-refractivity contribution in [1.29, 1.82) is 0 Å². The van der Waals surface area contributed by atoms with Crippen LogP contribution in [-0.4, -0.2) is 51.3 Å². The first-order valence-electron chi connectivity index (χ1n) is 15.8. The van der Waals surface area contributed by atoms with Crippen molar-refractivity contribution in [3.8, 4) is 0 Å². The minimum absolute atomic E-state index is 0. The topological polar surface area (TPSA) is 105 Å². The van der Waals surface area contributed by atoms with E-state index in [2.05, 4.69) is 51.6 Å². The first-order chi connectivity index (χ1) is 20.8. The molecule has 1 unspecified atom stereocenters. The molecule has 272 valence electrons. The zero-order chi connectivity index (χ0) is 36.3. The van der Waals surface area contributed by atoms with Crippen LogP contribution in [0.3, 0.4) is 0 Å². The van der Waals surface area contributed by atoms with Gasteiger partial charge in [0.1, 0.15) is 0 Å². The van der Waals surface area contributed by atoms with Gasteiger partial charge in [-0.25, -0.2) is 9.59 Å². The Morgan fingerprint density at radius 3 is 1.36 bits per heavy atom. The number of ether oxygens (including phenoxy) is 4. The van der Waals surface area contributed by atoms with E-state index < -0.39 is 10.8 Å². The van der Waals surface area contributed by atoms with Crippen LogP contribution in [0.25, 0.3) is 0 Å². The van der Waals surface area contributed by atoms with E-state index in [-0.39, 0.29) is 88.1 Å². The summed E-state index contributed by atoms with van der Waals surface area (Å²) >= 11 is 3.78. The maximum atomic E-state index is 12.5. The Morgan fingerprint density at radius 1 is 0.660 bits per heavy atom. The maximum absolute atomic E-state index is 12.5. The van der Waals surface area contributed by atoms with Gasteiger partial charge in [0.15, 0.2) is 0 Å². The van der Waals surface area contributed by atoms with Gasteiger partial charge in [-0.2, -0.15) is 0 Å². The summed E-state index contributed by atoms with van der Waals surface area (Å²) in [6, 6.07) is 0. The van der Waals surface area contributed by atoms with Gasteiger partial charge < -0.3 is 38.8 Å². The fourth-order valence-corrected chi connectivity index (χ4v) is 4.38. The van der Waals surface area contributed by atoms with Crippen molar-refractivity contribution in [1.82, 2.24) is 0 Å². The first-order valence-corrected chi connectivity index (χ1v) is 17.3. The molecule has 0 spiro atoms. The largest absolute Gasteiger partial charge is 1.00 e. The van der Waals surface area contributed by atoms with Crippen LogP contribution in [0.4, 0.5) is 0 Å². The molecule has 1 atom stereocenters. The molecule has 0 saturated carbocycles. The number of unbranched alkanes of at least 4 members (excludes halogenated alkanes) is 6. The maximum Gasteiger partial charge on any atom is 1.00 e. The number of methoxy groups -OCH3 is 2. The molecule has 0 fully saturated rings. The van der Waals surface area contributed by atoms with Gasteiger partial charge in [-0.3, -0.25) is 9.59 Å². The monoisotopic (exact) mass is 730 g/mol. The normalized spacial score (nSPS) is 11.2. The standard InChI is InChI=1S/C20H38O4.C10H18O2.C5H8O2.CH4.K.PS/c1-9-11-12-13-14-24-16(21)18(3,4)15-19(5,6)20(7,10-2)17(22)23-8;1-4-5-6-7-8-12-10(11)9(2)3;1-4(2)5(6)7-3;;;1-2/h9-15H2,1-8H3;2,4-8H2,1,3H3;1H2,2-3H3;1H4;;/q;;;;+1;-1. The predicted molar refractivity (Wildman–Crippen MR) is 195 cm³/mol. The van der Waals surface area contributed by atoms with Crippen LogP contribution in [-0.2, 0) is 49.9 Å². The molecule has 11 heteroatoms.